The molecule has 1 aromatic rings. The minimum atomic E-state index is 0.226. The number of carbonyl (C=O) groups is 1. The lowest BCUT2D eigenvalue weighted by molar-refractivity contribution is -0.121. The van der Waals surface area contributed by atoms with Gasteiger partial charge in [0.05, 0.1) is 0 Å². The molecule has 1 amide bonds. The number of rotatable bonds is 8. The highest BCUT2D eigenvalue weighted by Crippen LogP contribution is 2.33. The summed E-state index contributed by atoms with van der Waals surface area (Å²) in [6.45, 7) is 0.748. The summed E-state index contributed by atoms with van der Waals surface area (Å²) in [5.41, 5.74) is 0. The maximum atomic E-state index is 12.0. The van der Waals surface area contributed by atoms with E-state index in [0.29, 0.717) is 12.0 Å². The fourth-order valence-corrected chi connectivity index (χ4v) is 4.74. The van der Waals surface area contributed by atoms with Crippen molar-refractivity contribution in [2.45, 2.75) is 81.8 Å². The van der Waals surface area contributed by atoms with Gasteiger partial charge in [0.2, 0.25) is 5.91 Å². The molecule has 3 rings (SSSR count). The molecule has 5 nitrogen and oxygen atoms in total. The standard InChI is InChI=1S/C18H30N4OS/c1-24-18-21-20-16(22(18)15-9-4-5-10-15)11-6-12-19-17(23)13-14-7-2-3-8-14/h14-15H,2-13H2,1H3,(H,19,23). The van der Waals surface area contributed by atoms with Gasteiger partial charge in [-0.2, -0.15) is 0 Å². The van der Waals surface area contributed by atoms with Crippen LogP contribution in [0.4, 0.5) is 0 Å². The van der Waals surface area contributed by atoms with E-state index in [1.54, 1.807) is 11.8 Å². The van der Waals surface area contributed by atoms with Crippen LogP contribution >= 0.6 is 11.8 Å². The Balaban J connectivity index is 1.44. The van der Waals surface area contributed by atoms with E-state index in [9.17, 15) is 4.79 Å². The van der Waals surface area contributed by atoms with Crippen molar-refractivity contribution in [3.63, 3.8) is 0 Å². The first-order chi connectivity index (χ1) is 11.8. The van der Waals surface area contributed by atoms with Crippen molar-refractivity contribution in [1.29, 1.82) is 0 Å². The smallest absolute Gasteiger partial charge is 0.220 e. The maximum Gasteiger partial charge on any atom is 0.220 e. The molecule has 1 aromatic heterocycles. The Labute approximate surface area is 149 Å². The van der Waals surface area contributed by atoms with Crippen LogP contribution in [0.2, 0.25) is 0 Å². The Bertz CT molecular complexity index is 533. The van der Waals surface area contributed by atoms with Crippen LogP contribution in [0.3, 0.4) is 0 Å². The number of nitrogens with zero attached hydrogens (tertiary/aromatic N) is 3. The van der Waals surface area contributed by atoms with Crippen LogP contribution in [0.15, 0.2) is 5.16 Å². The summed E-state index contributed by atoms with van der Waals surface area (Å²) in [7, 11) is 0. The van der Waals surface area contributed by atoms with Gasteiger partial charge < -0.3 is 9.88 Å². The zero-order chi connectivity index (χ0) is 16.8. The van der Waals surface area contributed by atoms with Gasteiger partial charge in [0, 0.05) is 25.4 Å². The molecular weight excluding hydrogens is 320 g/mol. The van der Waals surface area contributed by atoms with E-state index in [-0.39, 0.29) is 5.91 Å². The quantitative estimate of drug-likeness (QED) is 0.573. The molecule has 0 saturated heterocycles. The molecule has 0 radical (unpaired) electrons. The molecule has 0 unspecified atom stereocenters. The largest absolute Gasteiger partial charge is 0.356 e. The van der Waals surface area contributed by atoms with Gasteiger partial charge in [0.15, 0.2) is 5.16 Å². The van der Waals surface area contributed by atoms with Crippen molar-refractivity contribution in [2.75, 3.05) is 12.8 Å². The van der Waals surface area contributed by atoms with E-state index in [4.69, 9.17) is 0 Å². The number of hydrogen-bond acceptors (Lipinski definition) is 4. The van der Waals surface area contributed by atoms with E-state index < -0.39 is 0 Å². The summed E-state index contributed by atoms with van der Waals surface area (Å²) < 4.78 is 2.36. The van der Waals surface area contributed by atoms with Gasteiger partial charge in [-0.1, -0.05) is 37.4 Å². The van der Waals surface area contributed by atoms with Crippen LogP contribution in [0.5, 0.6) is 0 Å². The Kier molecular flexibility index (Phi) is 6.58. The first kappa shape index (κ1) is 17.8. The third kappa shape index (κ3) is 4.52. The first-order valence-electron chi connectivity index (χ1n) is 9.52. The van der Waals surface area contributed by atoms with Crippen LogP contribution in [-0.2, 0) is 11.2 Å². The first-order valence-corrected chi connectivity index (χ1v) is 10.7. The molecule has 2 saturated carbocycles. The summed E-state index contributed by atoms with van der Waals surface area (Å²) in [5.74, 6) is 1.94. The van der Waals surface area contributed by atoms with Crippen molar-refractivity contribution in [1.82, 2.24) is 20.1 Å². The predicted molar refractivity (Wildman–Crippen MR) is 97.2 cm³/mol. The number of thioether (sulfide) groups is 1. The molecule has 1 N–H and O–H groups in total. The van der Waals surface area contributed by atoms with Gasteiger partial charge in [-0.05, 0) is 44.3 Å². The van der Waals surface area contributed by atoms with Crippen molar-refractivity contribution >= 4 is 17.7 Å². The van der Waals surface area contributed by atoms with Crippen LogP contribution < -0.4 is 5.32 Å². The molecule has 6 heteroatoms. The molecule has 24 heavy (non-hydrogen) atoms. The minimum Gasteiger partial charge on any atom is -0.356 e. The molecule has 0 aromatic carbocycles. The molecule has 0 bridgehead atoms. The van der Waals surface area contributed by atoms with Crippen LogP contribution in [0.25, 0.3) is 0 Å². The molecule has 2 fully saturated rings. The van der Waals surface area contributed by atoms with E-state index in [2.05, 4.69) is 26.3 Å². The van der Waals surface area contributed by atoms with Gasteiger partial charge in [-0.15, -0.1) is 10.2 Å². The van der Waals surface area contributed by atoms with Crippen molar-refractivity contribution in [3.05, 3.63) is 5.82 Å². The summed E-state index contributed by atoms with van der Waals surface area (Å²) in [5, 5.41) is 12.9. The SMILES string of the molecule is CSc1nnc(CCCNC(=O)CC2CCCC2)n1C1CCCC1. The highest BCUT2D eigenvalue weighted by Gasteiger charge is 2.23. The molecule has 2 aliphatic rings. The summed E-state index contributed by atoms with van der Waals surface area (Å²) in [6, 6.07) is 0.578. The Morgan fingerprint density at radius 3 is 2.58 bits per heavy atom. The fourth-order valence-electron chi connectivity index (χ4n) is 4.17. The average Bonchev–Trinajstić information content (AvgIpc) is 3.32. The van der Waals surface area contributed by atoms with Gasteiger partial charge >= 0.3 is 0 Å². The monoisotopic (exact) mass is 350 g/mol. The van der Waals surface area contributed by atoms with E-state index in [0.717, 1.165) is 36.8 Å². The average molecular weight is 351 g/mol. The highest BCUT2D eigenvalue weighted by molar-refractivity contribution is 7.98. The molecule has 134 valence electrons. The summed E-state index contributed by atoms with van der Waals surface area (Å²) >= 11 is 1.68. The lowest BCUT2D eigenvalue weighted by Gasteiger charge is -2.16. The lowest BCUT2D eigenvalue weighted by atomic mass is 10.0. The molecule has 1 heterocycles. The highest BCUT2D eigenvalue weighted by atomic mass is 32.2. The second-order valence-electron chi connectivity index (χ2n) is 7.22. The van der Waals surface area contributed by atoms with Crippen molar-refractivity contribution < 1.29 is 4.79 Å². The second kappa shape index (κ2) is 8.88. The van der Waals surface area contributed by atoms with Gasteiger partial charge in [0.1, 0.15) is 5.82 Å². The number of aryl methyl sites for hydroxylation is 1. The van der Waals surface area contributed by atoms with Gasteiger partial charge in [-0.25, -0.2) is 0 Å². The van der Waals surface area contributed by atoms with Gasteiger partial charge in [-0.3, -0.25) is 4.79 Å². The topological polar surface area (TPSA) is 59.8 Å². The lowest BCUT2D eigenvalue weighted by Crippen LogP contribution is -2.26. The molecule has 0 spiro atoms. The third-order valence-electron chi connectivity index (χ3n) is 5.46. The third-order valence-corrected chi connectivity index (χ3v) is 6.10. The Morgan fingerprint density at radius 1 is 1.17 bits per heavy atom. The summed E-state index contributed by atoms with van der Waals surface area (Å²) in [4.78, 5) is 12.0. The summed E-state index contributed by atoms with van der Waals surface area (Å²) in [6.07, 6.45) is 14.8. The number of carbonyl (C=O) groups excluding carboxylic acids is 1. The molecule has 2 aliphatic carbocycles. The van der Waals surface area contributed by atoms with Crippen molar-refractivity contribution in [2.24, 2.45) is 5.92 Å². The molecule has 0 atom stereocenters. The van der Waals surface area contributed by atoms with Crippen molar-refractivity contribution in [3.8, 4) is 0 Å². The van der Waals surface area contributed by atoms with Gasteiger partial charge in [0.25, 0.3) is 0 Å². The second-order valence-corrected chi connectivity index (χ2v) is 7.99. The normalized spacial score (nSPS) is 19.2. The van der Waals surface area contributed by atoms with Crippen LogP contribution in [0, 0.1) is 5.92 Å². The zero-order valence-corrected chi connectivity index (χ0v) is 15.6. The molecule has 0 aliphatic heterocycles. The minimum absolute atomic E-state index is 0.226. The fraction of sp³-hybridized carbons (Fsp3) is 0.833. The Morgan fingerprint density at radius 2 is 1.88 bits per heavy atom. The van der Waals surface area contributed by atoms with Crippen LogP contribution in [0.1, 0.15) is 76.1 Å². The molecular formula is C18H30N4OS. The predicted octanol–water partition coefficient (Wildman–Crippen LogP) is 3.74. The maximum absolute atomic E-state index is 12.0. The number of hydrogen-bond donors (Lipinski definition) is 1. The van der Waals surface area contributed by atoms with E-state index >= 15 is 0 Å². The zero-order valence-electron chi connectivity index (χ0n) is 14.8. The number of nitrogens with one attached hydrogen (secondary N) is 1. The van der Waals surface area contributed by atoms with Crippen LogP contribution in [-0.4, -0.2) is 33.5 Å². The van der Waals surface area contributed by atoms with E-state index in [1.165, 1.54) is 51.4 Å². The van der Waals surface area contributed by atoms with E-state index in [1.807, 2.05) is 0 Å². The number of aromatic nitrogens is 3. The number of amides is 1. The Hall–Kier alpha value is -1.04.